The fraction of sp³-hybridized carbons (Fsp3) is 0.364. The third-order valence-electron chi connectivity index (χ3n) is 5.16. The molecule has 1 N–H and O–H groups in total. The molecule has 0 atom stereocenters. The van der Waals surface area contributed by atoms with Gasteiger partial charge in [-0.05, 0) is 29.8 Å². The van der Waals surface area contributed by atoms with Gasteiger partial charge in [0.2, 0.25) is 0 Å². The zero-order chi connectivity index (χ0) is 21.5. The molecular weight excluding hydrogens is 414 g/mol. The van der Waals surface area contributed by atoms with E-state index in [1.807, 2.05) is 43.4 Å². The molecule has 0 spiro atoms. The number of nitrogens with zero attached hydrogens (tertiary/aromatic N) is 6. The maximum atomic E-state index is 6.10. The van der Waals surface area contributed by atoms with Gasteiger partial charge in [-0.2, -0.15) is 4.98 Å². The second-order valence-electron chi connectivity index (χ2n) is 7.35. The largest absolute Gasteiger partial charge is 0.356 e. The van der Waals surface area contributed by atoms with Gasteiger partial charge in [0.15, 0.2) is 11.8 Å². The van der Waals surface area contributed by atoms with Crippen molar-refractivity contribution in [2.24, 2.45) is 4.99 Å². The summed E-state index contributed by atoms with van der Waals surface area (Å²) in [7, 11) is 1.81. The number of hydrogen-bond acceptors (Lipinski definition) is 6. The van der Waals surface area contributed by atoms with Gasteiger partial charge in [-0.25, -0.2) is 0 Å². The van der Waals surface area contributed by atoms with Gasteiger partial charge in [-0.3, -0.25) is 14.9 Å². The van der Waals surface area contributed by atoms with E-state index in [1.165, 1.54) is 5.56 Å². The van der Waals surface area contributed by atoms with Gasteiger partial charge < -0.3 is 14.7 Å². The molecule has 31 heavy (non-hydrogen) atoms. The molecule has 0 radical (unpaired) electrons. The maximum Gasteiger partial charge on any atom is 0.276 e. The van der Waals surface area contributed by atoms with Crippen molar-refractivity contribution in [3.63, 3.8) is 0 Å². The van der Waals surface area contributed by atoms with Crippen LogP contribution in [0.5, 0.6) is 0 Å². The van der Waals surface area contributed by atoms with Crippen LogP contribution in [0, 0.1) is 0 Å². The summed E-state index contributed by atoms with van der Waals surface area (Å²) in [5.74, 6) is 1.99. The van der Waals surface area contributed by atoms with Crippen molar-refractivity contribution in [2.45, 2.75) is 13.0 Å². The molecule has 1 aromatic carbocycles. The number of aromatic nitrogens is 3. The number of aliphatic imine (C=N–C) groups is 1. The average molecular weight is 440 g/mol. The van der Waals surface area contributed by atoms with E-state index in [9.17, 15) is 0 Å². The number of guanidine groups is 1. The molecule has 0 aliphatic carbocycles. The third kappa shape index (κ3) is 5.80. The van der Waals surface area contributed by atoms with E-state index in [4.69, 9.17) is 16.1 Å². The highest BCUT2D eigenvalue weighted by molar-refractivity contribution is 6.30. The molecule has 2 aromatic heterocycles. The van der Waals surface area contributed by atoms with Crippen molar-refractivity contribution in [3.8, 4) is 11.6 Å². The number of rotatable bonds is 6. The number of pyridine rings is 1. The molecule has 1 fully saturated rings. The zero-order valence-corrected chi connectivity index (χ0v) is 18.3. The van der Waals surface area contributed by atoms with Crippen molar-refractivity contribution in [1.82, 2.24) is 30.2 Å². The van der Waals surface area contributed by atoms with Crippen molar-refractivity contribution in [1.29, 1.82) is 0 Å². The Bertz CT molecular complexity index is 1000. The lowest BCUT2D eigenvalue weighted by Gasteiger charge is -2.36. The number of nitrogens with one attached hydrogen (secondary N) is 1. The Morgan fingerprint density at radius 1 is 1.16 bits per heavy atom. The summed E-state index contributed by atoms with van der Waals surface area (Å²) in [5, 5.41) is 8.25. The van der Waals surface area contributed by atoms with Crippen molar-refractivity contribution in [3.05, 3.63) is 65.1 Å². The number of hydrogen-bond donors (Lipinski definition) is 1. The molecule has 9 heteroatoms. The summed E-state index contributed by atoms with van der Waals surface area (Å²) in [4.78, 5) is 17.8. The molecule has 1 aliphatic rings. The highest BCUT2D eigenvalue weighted by atomic mass is 35.5. The van der Waals surface area contributed by atoms with Gasteiger partial charge in [-0.15, -0.1) is 0 Å². The minimum absolute atomic E-state index is 0.441. The van der Waals surface area contributed by atoms with Gasteiger partial charge >= 0.3 is 0 Å². The van der Waals surface area contributed by atoms with Gasteiger partial charge in [0.1, 0.15) is 5.69 Å². The second kappa shape index (κ2) is 10.4. The molecule has 0 bridgehead atoms. The van der Waals surface area contributed by atoms with E-state index in [0.29, 0.717) is 30.4 Å². The topological polar surface area (TPSA) is 82.7 Å². The molecule has 3 aromatic rings. The van der Waals surface area contributed by atoms with E-state index in [0.717, 1.165) is 43.7 Å². The van der Waals surface area contributed by atoms with Crippen LogP contribution in [0.3, 0.4) is 0 Å². The second-order valence-corrected chi connectivity index (χ2v) is 7.78. The van der Waals surface area contributed by atoms with E-state index in [1.54, 1.807) is 6.20 Å². The summed E-state index contributed by atoms with van der Waals surface area (Å²) in [6.45, 7) is 5.39. The molecule has 0 amide bonds. The minimum atomic E-state index is 0.441. The molecule has 1 saturated heterocycles. The fourth-order valence-corrected chi connectivity index (χ4v) is 3.79. The molecular formula is C22H26ClN7O. The lowest BCUT2D eigenvalue weighted by atomic mass is 10.2. The van der Waals surface area contributed by atoms with E-state index in [2.05, 4.69) is 41.3 Å². The Morgan fingerprint density at radius 3 is 2.77 bits per heavy atom. The van der Waals surface area contributed by atoms with E-state index in [-0.39, 0.29) is 0 Å². The van der Waals surface area contributed by atoms with Crippen LogP contribution in [0.1, 0.15) is 11.4 Å². The Labute approximate surface area is 186 Å². The molecule has 4 rings (SSSR count). The first-order valence-corrected chi connectivity index (χ1v) is 10.8. The highest BCUT2D eigenvalue weighted by Crippen LogP contribution is 2.15. The highest BCUT2D eigenvalue weighted by Gasteiger charge is 2.20. The van der Waals surface area contributed by atoms with Gasteiger partial charge in [0.05, 0.1) is 0 Å². The summed E-state index contributed by atoms with van der Waals surface area (Å²) in [6, 6.07) is 13.7. The lowest BCUT2D eigenvalue weighted by molar-refractivity contribution is 0.172. The number of piperazine rings is 1. The van der Waals surface area contributed by atoms with Crippen LogP contribution < -0.4 is 5.32 Å². The summed E-state index contributed by atoms with van der Waals surface area (Å²) in [6.07, 6.45) is 2.35. The molecule has 3 heterocycles. The molecule has 8 nitrogen and oxygen atoms in total. The normalized spacial score (nSPS) is 15.3. The Kier molecular flexibility index (Phi) is 7.11. The monoisotopic (exact) mass is 439 g/mol. The molecule has 0 unspecified atom stereocenters. The van der Waals surface area contributed by atoms with Crippen molar-refractivity contribution >= 4 is 17.6 Å². The standard InChI is InChI=1S/C22H26ClN7O/c1-24-22(26-10-8-20-27-21(31-28-20)19-7-2-3-9-25-19)30-13-11-29(12-14-30)16-17-5-4-6-18(23)15-17/h2-7,9,15H,8,10-14,16H2,1H3,(H,24,26). The van der Waals surface area contributed by atoms with Crippen LogP contribution in [0.25, 0.3) is 11.6 Å². The summed E-state index contributed by atoms with van der Waals surface area (Å²) < 4.78 is 5.31. The zero-order valence-electron chi connectivity index (χ0n) is 17.5. The number of benzene rings is 1. The predicted molar refractivity (Wildman–Crippen MR) is 121 cm³/mol. The van der Waals surface area contributed by atoms with Crippen molar-refractivity contribution in [2.75, 3.05) is 39.8 Å². The first-order valence-electron chi connectivity index (χ1n) is 10.4. The van der Waals surface area contributed by atoms with Crippen LogP contribution in [-0.4, -0.2) is 70.7 Å². The SMILES string of the molecule is CN=C(NCCc1noc(-c2ccccn2)n1)N1CCN(Cc2cccc(Cl)c2)CC1. The van der Waals surface area contributed by atoms with Crippen LogP contribution in [0.2, 0.25) is 5.02 Å². The summed E-state index contributed by atoms with van der Waals surface area (Å²) in [5.41, 5.74) is 1.93. The van der Waals surface area contributed by atoms with Gasteiger partial charge in [0.25, 0.3) is 5.89 Å². The smallest absolute Gasteiger partial charge is 0.276 e. The lowest BCUT2D eigenvalue weighted by Crippen LogP contribution is -2.52. The Morgan fingerprint density at radius 2 is 2.03 bits per heavy atom. The van der Waals surface area contributed by atoms with E-state index < -0.39 is 0 Å². The fourth-order valence-electron chi connectivity index (χ4n) is 3.58. The quantitative estimate of drug-likeness (QED) is 0.467. The number of halogens is 1. The van der Waals surface area contributed by atoms with Gasteiger partial charge in [0, 0.05) is 64.0 Å². The minimum Gasteiger partial charge on any atom is -0.356 e. The molecule has 162 valence electrons. The van der Waals surface area contributed by atoms with Crippen LogP contribution in [0.4, 0.5) is 0 Å². The first kappa shape index (κ1) is 21.3. The van der Waals surface area contributed by atoms with E-state index >= 15 is 0 Å². The van der Waals surface area contributed by atoms with Gasteiger partial charge in [-0.1, -0.05) is 35.0 Å². The molecule has 1 aliphatic heterocycles. The van der Waals surface area contributed by atoms with Crippen LogP contribution in [-0.2, 0) is 13.0 Å². The van der Waals surface area contributed by atoms with Crippen LogP contribution >= 0.6 is 11.6 Å². The predicted octanol–water partition coefficient (Wildman–Crippen LogP) is 2.72. The van der Waals surface area contributed by atoms with Crippen molar-refractivity contribution < 1.29 is 4.52 Å². The first-order chi connectivity index (χ1) is 15.2. The Balaban J connectivity index is 1.23. The summed E-state index contributed by atoms with van der Waals surface area (Å²) >= 11 is 6.10. The third-order valence-corrected chi connectivity index (χ3v) is 5.40. The molecule has 0 saturated carbocycles. The average Bonchev–Trinajstić information content (AvgIpc) is 3.27. The van der Waals surface area contributed by atoms with Crippen LogP contribution in [0.15, 0.2) is 58.2 Å². The maximum absolute atomic E-state index is 6.10. The Hall–Kier alpha value is -2.97.